The molecule has 0 spiro atoms. The van der Waals surface area contributed by atoms with Crippen molar-refractivity contribution in [1.29, 1.82) is 16.2 Å². The first-order chi connectivity index (χ1) is 62.8. The topological polar surface area (TPSA) is 323 Å². The van der Waals surface area contributed by atoms with Gasteiger partial charge in [-0.05, 0) is 307 Å². The van der Waals surface area contributed by atoms with Crippen LogP contribution in [0.25, 0.3) is 0 Å². The third kappa shape index (κ3) is 26.6. The number of hydrogen-bond acceptors (Lipinski definition) is 12. The van der Waals surface area contributed by atoms with E-state index in [4.69, 9.17) is 109 Å². The molecule has 8 amide bonds. The highest BCUT2D eigenvalue weighted by Gasteiger charge is 2.26. The monoisotopic (exact) mass is 1910 g/mol. The lowest BCUT2D eigenvalue weighted by atomic mass is 10.0. The van der Waals surface area contributed by atoms with Gasteiger partial charge in [-0.1, -0.05) is 141 Å². The van der Waals surface area contributed by atoms with Crippen molar-refractivity contribution < 1.29 is 38.4 Å². The minimum Gasteiger partial charge on any atom is -0.357 e. The number of carbonyl (C=O) groups excluding carboxylic acids is 8. The maximum atomic E-state index is 13.1. The van der Waals surface area contributed by atoms with Gasteiger partial charge in [-0.2, -0.15) is 0 Å². The van der Waals surface area contributed by atoms with E-state index in [1.54, 1.807) is 241 Å². The van der Waals surface area contributed by atoms with E-state index in [-0.39, 0.29) is 51.8 Å². The number of rotatable bonds is 20. The zero-order valence-corrected chi connectivity index (χ0v) is 77.8. The first kappa shape index (κ1) is 97.1. The SMILES string of the molecule is CC(=N)c1ccc(C(=O)Nc2c(C)cc(Cl)cc2C(=O)Nc2ccc(Cl)cc2)cc1.Cc1cc(Cl)cc(C(=O)Nc2ccc(Cl)cc2)c1NC(=O)c1ccc(C(=N)N2CCCC2)cc1.Cc1cc(Cl)cc(C(=O)Nc2ccc(Cl)cc2)c1NC(=O)c1ccc(C(=N)N2CCCCC2)cc1.Cc1cc(Cl)cc(C(=O)Nc2ccc(Cl)cc2)c1NC(=O)c1ccc(C2=NCCC2)cc1. The number of halogens is 8. The second kappa shape index (κ2) is 45.5. The van der Waals surface area contributed by atoms with Crippen molar-refractivity contribution in [3.05, 3.63) is 372 Å². The summed E-state index contributed by atoms with van der Waals surface area (Å²) >= 11 is 48.4. The fraction of sp³-hybridized carbons (Fsp3) is 0.168. The molecule has 131 heavy (non-hydrogen) atoms. The number of amides is 8. The van der Waals surface area contributed by atoms with Crippen LogP contribution in [0, 0.1) is 43.9 Å². The quantitative estimate of drug-likeness (QED) is 0.0253. The van der Waals surface area contributed by atoms with Crippen LogP contribution in [0.4, 0.5) is 45.5 Å². The molecule has 0 bridgehead atoms. The molecule has 0 atom stereocenters. The molecule has 15 rings (SSSR count). The average Bonchev–Trinajstić information content (AvgIpc) is 1.28. The van der Waals surface area contributed by atoms with E-state index < -0.39 is 17.7 Å². The molecule has 30 heteroatoms. The predicted molar refractivity (Wildman–Crippen MR) is 533 cm³/mol. The zero-order valence-electron chi connectivity index (χ0n) is 71.7. The van der Waals surface area contributed by atoms with Gasteiger partial charge < -0.3 is 57.7 Å². The van der Waals surface area contributed by atoms with E-state index in [1.807, 2.05) is 17.0 Å². The van der Waals surface area contributed by atoms with E-state index in [2.05, 4.69) is 52.4 Å². The summed E-state index contributed by atoms with van der Waals surface area (Å²) < 4.78 is 0. The molecule has 0 radical (unpaired) electrons. The van der Waals surface area contributed by atoms with Crippen molar-refractivity contribution in [3.63, 3.8) is 0 Å². The van der Waals surface area contributed by atoms with Gasteiger partial charge in [0.25, 0.3) is 47.3 Å². The molecule has 12 aromatic carbocycles. The Hall–Kier alpha value is -13.0. The van der Waals surface area contributed by atoms with E-state index in [9.17, 15) is 38.4 Å². The number of nitrogens with one attached hydrogen (secondary N) is 11. The lowest BCUT2D eigenvalue weighted by Crippen LogP contribution is -2.35. The Bertz CT molecular complexity index is 6350. The van der Waals surface area contributed by atoms with Crippen molar-refractivity contribution in [2.75, 3.05) is 75.3 Å². The second-order valence-corrected chi connectivity index (χ2v) is 34.5. The third-order valence-corrected chi connectivity index (χ3v) is 23.3. The van der Waals surface area contributed by atoms with Crippen LogP contribution in [0.15, 0.2) is 248 Å². The normalized spacial score (nSPS) is 12.5. The number of benzene rings is 12. The summed E-state index contributed by atoms with van der Waals surface area (Å²) in [5, 5.41) is 50.9. The highest BCUT2D eigenvalue weighted by atomic mass is 35.5. The number of nitrogens with zero attached hydrogens (tertiary/aromatic N) is 3. The van der Waals surface area contributed by atoms with Crippen molar-refractivity contribution in [1.82, 2.24) is 9.80 Å². The molecule has 3 aliphatic rings. The van der Waals surface area contributed by atoms with Crippen LogP contribution in [0.5, 0.6) is 0 Å². The molecular weight excluding hydrogens is 1820 g/mol. The van der Waals surface area contributed by atoms with Gasteiger partial charge in [0.1, 0.15) is 11.7 Å². The fourth-order valence-electron chi connectivity index (χ4n) is 14.5. The van der Waals surface area contributed by atoms with E-state index in [0.29, 0.717) is 148 Å². The number of aryl methyl sites for hydroxylation is 4. The lowest BCUT2D eigenvalue weighted by Gasteiger charge is -2.29. The summed E-state index contributed by atoms with van der Waals surface area (Å²) in [4.78, 5) is 112. The highest BCUT2D eigenvalue weighted by molar-refractivity contribution is 6.35. The van der Waals surface area contributed by atoms with Crippen molar-refractivity contribution in [2.24, 2.45) is 4.99 Å². The number of carbonyl (C=O) groups is 8. The Morgan fingerprint density at radius 3 is 0.756 bits per heavy atom. The molecule has 0 aliphatic carbocycles. The summed E-state index contributed by atoms with van der Waals surface area (Å²) in [7, 11) is 0. The molecule has 12 aromatic rings. The fourth-order valence-corrected chi connectivity index (χ4v) is 16.1. The summed E-state index contributed by atoms with van der Waals surface area (Å²) in [6.45, 7) is 13.2. The first-order valence-corrected chi connectivity index (χ1v) is 44.7. The number of hydrogen-bond donors (Lipinski definition) is 11. The van der Waals surface area contributed by atoms with Crippen LogP contribution in [-0.4, -0.2) is 113 Å². The highest BCUT2D eigenvalue weighted by Crippen LogP contribution is 2.34. The van der Waals surface area contributed by atoms with Gasteiger partial charge in [0.15, 0.2) is 0 Å². The Balaban J connectivity index is 0.000000158. The molecule has 2 saturated heterocycles. The predicted octanol–water partition coefficient (Wildman–Crippen LogP) is 25.4. The second-order valence-electron chi connectivity index (χ2n) is 31.0. The van der Waals surface area contributed by atoms with E-state index >= 15 is 0 Å². The van der Waals surface area contributed by atoms with Crippen molar-refractivity contribution in [3.8, 4) is 0 Å². The first-order valence-electron chi connectivity index (χ1n) is 41.7. The van der Waals surface area contributed by atoms with Crippen molar-refractivity contribution in [2.45, 2.75) is 79.6 Å². The maximum absolute atomic E-state index is 13.1. The Morgan fingerprint density at radius 1 is 0.275 bits per heavy atom. The number of amidine groups is 2. The van der Waals surface area contributed by atoms with Gasteiger partial charge >= 0.3 is 0 Å². The number of anilines is 8. The minimum absolute atomic E-state index is 0.246. The Morgan fingerprint density at radius 2 is 0.511 bits per heavy atom. The van der Waals surface area contributed by atoms with Crippen LogP contribution in [0.1, 0.15) is 179 Å². The molecule has 11 N–H and O–H groups in total. The van der Waals surface area contributed by atoms with Gasteiger partial charge in [0.05, 0.1) is 45.0 Å². The summed E-state index contributed by atoms with van der Waals surface area (Å²) in [6, 6.07) is 67.8. The minimum atomic E-state index is -0.409. The molecule has 668 valence electrons. The largest absolute Gasteiger partial charge is 0.357 e. The number of likely N-dealkylation sites (tertiary alicyclic amines) is 2. The van der Waals surface area contributed by atoms with Gasteiger partial charge in [0, 0.05) is 140 Å². The molecule has 0 unspecified atom stereocenters. The van der Waals surface area contributed by atoms with Crippen LogP contribution < -0.4 is 42.5 Å². The van der Waals surface area contributed by atoms with Crippen LogP contribution >= 0.6 is 92.8 Å². The van der Waals surface area contributed by atoms with Crippen molar-refractivity contribution >= 4 is 209 Å². The molecule has 22 nitrogen and oxygen atoms in total. The molecule has 0 saturated carbocycles. The van der Waals surface area contributed by atoms with Gasteiger partial charge in [-0.3, -0.25) is 54.2 Å². The molecular formula is C101H90Cl8N14O8. The Labute approximate surface area is 798 Å². The zero-order chi connectivity index (χ0) is 93.7. The van der Waals surface area contributed by atoms with Gasteiger partial charge in [-0.15, -0.1) is 0 Å². The maximum Gasteiger partial charge on any atom is 0.257 e. The number of aliphatic imine (C=N–C) groups is 1. The molecule has 3 heterocycles. The molecule has 2 fully saturated rings. The summed E-state index contributed by atoms with van der Waals surface area (Å²) in [6.07, 6.45) is 7.60. The number of piperidine rings is 1. The summed E-state index contributed by atoms with van der Waals surface area (Å²) in [5.41, 5.74) is 14.1. The Kier molecular flexibility index (Phi) is 33.7. The van der Waals surface area contributed by atoms with Crippen LogP contribution in [0.2, 0.25) is 40.2 Å². The van der Waals surface area contributed by atoms with E-state index in [1.165, 1.54) is 30.7 Å². The third-order valence-electron chi connectivity index (χ3n) is 21.4. The van der Waals surface area contributed by atoms with Gasteiger partial charge in [-0.25, -0.2) is 0 Å². The van der Waals surface area contributed by atoms with Crippen LogP contribution in [0.3, 0.4) is 0 Å². The average molecular weight is 1910 g/mol. The van der Waals surface area contributed by atoms with E-state index in [0.717, 1.165) is 99.2 Å². The lowest BCUT2D eigenvalue weighted by molar-refractivity contribution is 0.101. The van der Waals surface area contributed by atoms with Gasteiger partial charge in [0.2, 0.25) is 0 Å². The molecule has 3 aliphatic heterocycles. The smallest absolute Gasteiger partial charge is 0.257 e. The summed E-state index contributed by atoms with van der Waals surface area (Å²) in [5.74, 6) is -2.04. The molecule has 0 aromatic heterocycles. The standard InChI is InChI=1S/C27H26Cl2N4O2.C26H24Cl2N4O2.C25H21Cl2N3O2.C23H19Cl2N3O2/c1-17-15-21(29)16-23(27(35)31-22-11-9-20(28)10-12-22)24(17)32-26(34)19-7-5-18(6-8-19)25(30)33-13-3-2-4-14-33;1-16-14-20(28)15-22(26(34)30-21-10-8-19(27)9-11-21)23(16)31-25(33)18-6-4-17(5-7-18)24(29)32-12-2-3-13-32;1-15-13-19(27)14-21(25(32)29-20-10-8-18(26)9-11-20)23(15)30-24(31)17-6-4-16(5-7-17)22-3-2-12-28-22;1-13-11-18(25)12-20(23(30)27-19-9-7-17(24)8-10-19)21(13)28-22(29)16-5-3-15(4-6-16)14(2)26/h5-12,15-16,30H,2-4,13-14H2,1H3,(H,31,35)(H,32,34);4-11,14-15,29H,2-3,12-13H2,1H3,(H,30,34)(H,31,33);4-11,13-14H,2-3,12H2,1H3,(H,29,32)(H,30,31);3-12,26H,1-2H3,(H,27,30)(H,28,29). The van der Waals surface area contributed by atoms with Crippen LogP contribution in [-0.2, 0) is 0 Å².